The molecule has 12 heavy (non-hydrogen) atoms. The molecule has 0 aromatic carbocycles. The van der Waals surface area contributed by atoms with Gasteiger partial charge in [-0.1, -0.05) is 0 Å². The summed E-state index contributed by atoms with van der Waals surface area (Å²) in [6.45, 7) is 1.85. The van der Waals surface area contributed by atoms with Crippen molar-refractivity contribution in [3.63, 3.8) is 0 Å². The SMILES string of the molecule is Cc1nc(N)ccc1C=CC#N. The Kier molecular flexibility index (Phi) is 2.44. The van der Waals surface area contributed by atoms with Gasteiger partial charge in [-0.3, -0.25) is 0 Å². The van der Waals surface area contributed by atoms with E-state index >= 15 is 0 Å². The first kappa shape index (κ1) is 8.28. The lowest BCUT2D eigenvalue weighted by atomic mass is 10.2. The molecule has 0 saturated carbocycles. The number of nitrogens with two attached hydrogens (primary N) is 1. The van der Waals surface area contributed by atoms with Crippen LogP contribution in [0.5, 0.6) is 0 Å². The summed E-state index contributed by atoms with van der Waals surface area (Å²) in [5.74, 6) is 0.501. The highest BCUT2D eigenvalue weighted by Crippen LogP contribution is 2.09. The standard InChI is InChI=1S/C9H9N3/c1-7-8(3-2-6-10)4-5-9(11)12-7/h2-5H,1H3,(H2,11,12). The Balaban J connectivity index is 3.03. The molecule has 3 heteroatoms. The maximum absolute atomic E-state index is 8.29. The van der Waals surface area contributed by atoms with Gasteiger partial charge in [0.1, 0.15) is 5.82 Å². The van der Waals surface area contributed by atoms with Crippen molar-refractivity contribution in [1.29, 1.82) is 5.26 Å². The normalized spacial score (nSPS) is 10.0. The number of allylic oxidation sites excluding steroid dienone is 1. The summed E-state index contributed by atoms with van der Waals surface area (Å²) in [6, 6.07) is 5.47. The zero-order valence-corrected chi connectivity index (χ0v) is 6.78. The van der Waals surface area contributed by atoms with Crippen molar-refractivity contribution in [2.75, 3.05) is 5.73 Å². The Hall–Kier alpha value is -1.82. The predicted molar refractivity (Wildman–Crippen MR) is 48.0 cm³/mol. The van der Waals surface area contributed by atoms with Gasteiger partial charge in [-0.25, -0.2) is 4.98 Å². The molecule has 0 spiro atoms. The van der Waals surface area contributed by atoms with Gasteiger partial charge in [-0.2, -0.15) is 5.26 Å². The minimum absolute atomic E-state index is 0.501. The van der Waals surface area contributed by atoms with Gasteiger partial charge >= 0.3 is 0 Å². The second kappa shape index (κ2) is 3.54. The van der Waals surface area contributed by atoms with Gasteiger partial charge in [0.15, 0.2) is 0 Å². The van der Waals surface area contributed by atoms with Crippen LogP contribution in [0.25, 0.3) is 6.08 Å². The van der Waals surface area contributed by atoms with Crippen molar-refractivity contribution in [2.45, 2.75) is 6.92 Å². The smallest absolute Gasteiger partial charge is 0.123 e. The number of rotatable bonds is 1. The number of hydrogen-bond acceptors (Lipinski definition) is 3. The Morgan fingerprint density at radius 3 is 2.92 bits per heavy atom. The molecule has 1 aromatic heterocycles. The molecule has 1 rings (SSSR count). The van der Waals surface area contributed by atoms with Gasteiger partial charge in [0, 0.05) is 11.8 Å². The Labute approximate surface area is 71.2 Å². The van der Waals surface area contributed by atoms with E-state index in [9.17, 15) is 0 Å². The van der Waals surface area contributed by atoms with Crippen LogP contribution in [0.2, 0.25) is 0 Å². The van der Waals surface area contributed by atoms with Crippen LogP contribution in [0.3, 0.4) is 0 Å². The Morgan fingerprint density at radius 1 is 1.58 bits per heavy atom. The number of anilines is 1. The van der Waals surface area contributed by atoms with Crippen molar-refractivity contribution < 1.29 is 0 Å². The van der Waals surface area contributed by atoms with Crippen LogP contribution in [0.15, 0.2) is 18.2 Å². The van der Waals surface area contributed by atoms with Crippen LogP contribution >= 0.6 is 0 Å². The Morgan fingerprint density at radius 2 is 2.33 bits per heavy atom. The molecular formula is C9H9N3. The lowest BCUT2D eigenvalue weighted by Gasteiger charge is -1.98. The fourth-order valence-corrected chi connectivity index (χ4v) is 0.894. The molecule has 2 N–H and O–H groups in total. The van der Waals surface area contributed by atoms with Gasteiger partial charge in [0.2, 0.25) is 0 Å². The molecule has 0 unspecified atom stereocenters. The molecule has 3 nitrogen and oxygen atoms in total. The fourth-order valence-electron chi connectivity index (χ4n) is 0.894. The van der Waals surface area contributed by atoms with Crippen LogP contribution < -0.4 is 5.73 Å². The molecule has 1 heterocycles. The number of hydrogen-bond donors (Lipinski definition) is 1. The summed E-state index contributed by atoms with van der Waals surface area (Å²) < 4.78 is 0. The molecule has 0 fully saturated rings. The van der Waals surface area contributed by atoms with E-state index in [0.717, 1.165) is 11.3 Å². The predicted octanol–water partition coefficient (Wildman–Crippen LogP) is 1.51. The summed E-state index contributed by atoms with van der Waals surface area (Å²) in [4.78, 5) is 4.04. The monoisotopic (exact) mass is 159 g/mol. The molecule has 60 valence electrons. The lowest BCUT2D eigenvalue weighted by Crippen LogP contribution is -1.93. The number of nitrogen functional groups attached to an aromatic ring is 1. The maximum atomic E-state index is 8.29. The van der Waals surface area contributed by atoms with Crippen molar-refractivity contribution in [3.8, 4) is 6.07 Å². The Bertz CT molecular complexity index is 347. The molecule has 0 aliphatic heterocycles. The largest absolute Gasteiger partial charge is 0.384 e. The molecule has 0 atom stereocenters. The van der Waals surface area contributed by atoms with Crippen LogP contribution in [0, 0.1) is 18.3 Å². The summed E-state index contributed by atoms with van der Waals surface area (Å²) >= 11 is 0. The number of nitriles is 1. The van der Waals surface area contributed by atoms with Crippen molar-refractivity contribution in [1.82, 2.24) is 4.98 Å². The number of aromatic nitrogens is 1. The van der Waals surface area contributed by atoms with Crippen molar-refractivity contribution in [2.24, 2.45) is 0 Å². The molecule has 0 aliphatic rings. The first-order valence-electron chi connectivity index (χ1n) is 3.53. The highest BCUT2D eigenvalue weighted by Gasteiger charge is 1.94. The van der Waals surface area contributed by atoms with Gasteiger partial charge in [0.05, 0.1) is 6.07 Å². The summed E-state index contributed by atoms with van der Waals surface area (Å²) in [5.41, 5.74) is 7.21. The van der Waals surface area contributed by atoms with E-state index in [0.29, 0.717) is 5.82 Å². The van der Waals surface area contributed by atoms with E-state index in [1.807, 2.05) is 19.1 Å². The fraction of sp³-hybridized carbons (Fsp3) is 0.111. The number of aryl methyl sites for hydroxylation is 1. The minimum atomic E-state index is 0.501. The molecule has 0 radical (unpaired) electrons. The summed E-state index contributed by atoms with van der Waals surface area (Å²) in [7, 11) is 0. The van der Waals surface area contributed by atoms with Crippen LogP contribution in [-0.2, 0) is 0 Å². The van der Waals surface area contributed by atoms with Crippen molar-refractivity contribution >= 4 is 11.9 Å². The first-order chi connectivity index (χ1) is 5.74. The van der Waals surface area contributed by atoms with Crippen LogP contribution in [0.4, 0.5) is 5.82 Å². The highest BCUT2D eigenvalue weighted by molar-refractivity contribution is 5.55. The molecule has 1 aromatic rings. The molecule has 0 bridgehead atoms. The zero-order chi connectivity index (χ0) is 8.97. The highest BCUT2D eigenvalue weighted by atomic mass is 14.8. The molecule has 0 saturated heterocycles. The van der Waals surface area contributed by atoms with Crippen LogP contribution in [-0.4, -0.2) is 4.98 Å². The van der Waals surface area contributed by atoms with E-state index in [1.165, 1.54) is 6.08 Å². The third kappa shape index (κ3) is 1.83. The van der Waals surface area contributed by atoms with E-state index in [-0.39, 0.29) is 0 Å². The van der Waals surface area contributed by atoms with E-state index in [1.54, 1.807) is 12.1 Å². The molecule has 0 amide bonds. The second-order valence-electron chi connectivity index (χ2n) is 2.37. The van der Waals surface area contributed by atoms with Gasteiger partial charge in [0.25, 0.3) is 0 Å². The first-order valence-corrected chi connectivity index (χ1v) is 3.53. The zero-order valence-electron chi connectivity index (χ0n) is 6.78. The minimum Gasteiger partial charge on any atom is -0.384 e. The average molecular weight is 159 g/mol. The van der Waals surface area contributed by atoms with E-state index in [2.05, 4.69) is 4.98 Å². The van der Waals surface area contributed by atoms with Crippen molar-refractivity contribution in [3.05, 3.63) is 29.5 Å². The van der Waals surface area contributed by atoms with E-state index < -0.39 is 0 Å². The van der Waals surface area contributed by atoms with Gasteiger partial charge < -0.3 is 5.73 Å². The summed E-state index contributed by atoms with van der Waals surface area (Å²) in [5, 5.41) is 8.29. The number of pyridine rings is 1. The third-order valence-electron chi connectivity index (χ3n) is 1.49. The number of nitrogens with zero attached hydrogens (tertiary/aromatic N) is 2. The van der Waals surface area contributed by atoms with Gasteiger partial charge in [-0.15, -0.1) is 0 Å². The summed E-state index contributed by atoms with van der Waals surface area (Å²) in [6.07, 6.45) is 3.13. The van der Waals surface area contributed by atoms with Crippen LogP contribution in [0.1, 0.15) is 11.3 Å². The molecular weight excluding hydrogens is 150 g/mol. The quantitative estimate of drug-likeness (QED) is 0.632. The molecule has 0 aliphatic carbocycles. The second-order valence-corrected chi connectivity index (χ2v) is 2.37. The van der Waals surface area contributed by atoms with Gasteiger partial charge in [-0.05, 0) is 30.7 Å². The lowest BCUT2D eigenvalue weighted by molar-refractivity contribution is 1.20. The topological polar surface area (TPSA) is 62.7 Å². The third-order valence-corrected chi connectivity index (χ3v) is 1.49. The average Bonchev–Trinajstić information content (AvgIpc) is 2.03. The maximum Gasteiger partial charge on any atom is 0.123 e. The van der Waals surface area contributed by atoms with E-state index in [4.69, 9.17) is 11.0 Å².